The number of rotatable bonds is 50. The topological polar surface area (TPSA) is 175 Å². The number of allylic oxidation sites excluding steroid dienone is 20. The van der Waals surface area contributed by atoms with E-state index in [0.717, 1.165) is 167 Å². The third-order valence-corrected chi connectivity index (χ3v) is 13.0. The zero-order valence-electron chi connectivity index (χ0n) is 49.1. The Morgan fingerprint density at radius 2 is 0.759 bits per heavy atom. The molecule has 1 aliphatic rings. The largest absolute Gasteiger partial charge is 0.479 e. The standard InChI is InChI=1S/C67H106O12/c1-4-7-10-13-16-19-22-25-28-29-30-31-34-35-38-41-44-47-50-53-59(68)75-56-58(77-60(69)54-51-48-45-42-39-36-32-26-23-20-17-14-11-8-5-2)57-76-67-65(63(72)62(71)64(79-67)66(73)74)78-61(70)55-52-49-46-43-40-37-33-27-24-21-18-15-12-9-6-3/h7-12,16-21,25-28,30-33,58,62-65,67,71-72H,4-6,13-15,22-24,29,34-57H2,1-3H3,(H,73,74)/b10-7-,11-8-,12-9-,19-16-,20-17-,21-18-,28-25-,31-30-,32-26-,33-27-. The first-order valence-corrected chi connectivity index (χ1v) is 30.5. The van der Waals surface area contributed by atoms with Crippen LogP contribution in [0.3, 0.4) is 0 Å². The van der Waals surface area contributed by atoms with Crippen LogP contribution in [0, 0.1) is 0 Å². The molecule has 1 aliphatic heterocycles. The molecule has 0 saturated carbocycles. The first-order chi connectivity index (χ1) is 38.6. The second-order valence-corrected chi connectivity index (χ2v) is 20.2. The molecule has 0 aromatic carbocycles. The van der Waals surface area contributed by atoms with Gasteiger partial charge in [-0.05, 0) is 122 Å². The van der Waals surface area contributed by atoms with Gasteiger partial charge in [-0.3, -0.25) is 14.4 Å². The fourth-order valence-corrected chi connectivity index (χ4v) is 8.45. The molecule has 6 atom stereocenters. The van der Waals surface area contributed by atoms with Crippen molar-refractivity contribution in [3.8, 4) is 0 Å². The molecule has 0 aliphatic carbocycles. The SMILES string of the molecule is CC/C=C\C/C=C\C/C=C\C/C=C\CCCCCCCCC(=O)OCC(COC1OC(C(=O)O)C(O)C(O)C1OC(=O)CCCCCCC/C=C\C/C=C\C/C=C\CC)OC(=O)CCCCCCC/C=C\C/C=C\C/C=C\CC. The highest BCUT2D eigenvalue weighted by Crippen LogP contribution is 2.26. The van der Waals surface area contributed by atoms with Crippen molar-refractivity contribution in [1.82, 2.24) is 0 Å². The highest BCUT2D eigenvalue weighted by molar-refractivity contribution is 5.74. The smallest absolute Gasteiger partial charge is 0.335 e. The van der Waals surface area contributed by atoms with Crippen LogP contribution in [0.1, 0.15) is 226 Å². The minimum Gasteiger partial charge on any atom is -0.479 e. The summed E-state index contributed by atoms with van der Waals surface area (Å²) < 4.78 is 28.4. The average Bonchev–Trinajstić information content (AvgIpc) is 3.46. The Hall–Kier alpha value is -4.88. The molecule has 12 nitrogen and oxygen atoms in total. The number of carboxylic acids is 1. The van der Waals surface area contributed by atoms with Gasteiger partial charge in [0.25, 0.3) is 0 Å². The van der Waals surface area contributed by atoms with Gasteiger partial charge in [0, 0.05) is 19.3 Å². The summed E-state index contributed by atoms with van der Waals surface area (Å²) >= 11 is 0. The van der Waals surface area contributed by atoms with E-state index in [1.807, 2.05) is 0 Å². The van der Waals surface area contributed by atoms with Gasteiger partial charge in [0.1, 0.15) is 18.8 Å². The summed E-state index contributed by atoms with van der Waals surface area (Å²) in [6.45, 7) is 5.62. The van der Waals surface area contributed by atoms with Crippen LogP contribution in [-0.4, -0.2) is 89.2 Å². The van der Waals surface area contributed by atoms with Gasteiger partial charge in [-0.15, -0.1) is 0 Å². The Bertz CT molecular complexity index is 1840. The first-order valence-electron chi connectivity index (χ1n) is 30.5. The number of hydrogen-bond donors (Lipinski definition) is 3. The molecule has 0 radical (unpaired) electrons. The Morgan fingerprint density at radius 1 is 0.418 bits per heavy atom. The number of aliphatic hydroxyl groups is 2. The van der Waals surface area contributed by atoms with Gasteiger partial charge in [0.15, 0.2) is 24.6 Å². The fourth-order valence-electron chi connectivity index (χ4n) is 8.45. The number of carbonyl (C=O) groups excluding carboxylic acids is 3. The maximum Gasteiger partial charge on any atom is 0.335 e. The molecule has 0 bridgehead atoms. The van der Waals surface area contributed by atoms with Gasteiger partial charge >= 0.3 is 23.9 Å². The van der Waals surface area contributed by atoms with Gasteiger partial charge < -0.3 is 39.0 Å². The Kier molecular flexibility index (Phi) is 49.1. The minimum atomic E-state index is -1.92. The number of esters is 3. The van der Waals surface area contributed by atoms with Gasteiger partial charge in [0.05, 0.1) is 6.61 Å². The minimum absolute atomic E-state index is 0.0312. The molecule has 3 N–H and O–H groups in total. The molecule has 12 heteroatoms. The van der Waals surface area contributed by atoms with Gasteiger partial charge in [0.2, 0.25) is 0 Å². The lowest BCUT2D eigenvalue weighted by Gasteiger charge is -2.40. The number of unbranched alkanes of at least 4 members (excludes halogenated alkanes) is 16. The molecule has 446 valence electrons. The normalized spacial score (nSPS) is 18.7. The number of hydrogen-bond acceptors (Lipinski definition) is 11. The molecular formula is C67H106O12. The lowest BCUT2D eigenvalue weighted by molar-refractivity contribution is -0.301. The highest BCUT2D eigenvalue weighted by Gasteiger charge is 2.50. The Balaban J connectivity index is 2.71. The molecule has 1 fully saturated rings. The van der Waals surface area contributed by atoms with E-state index in [9.17, 15) is 34.5 Å². The van der Waals surface area contributed by atoms with Crippen LogP contribution in [0.4, 0.5) is 0 Å². The van der Waals surface area contributed by atoms with Crippen LogP contribution < -0.4 is 0 Å². The van der Waals surface area contributed by atoms with E-state index >= 15 is 0 Å². The number of aliphatic carboxylic acids is 1. The van der Waals surface area contributed by atoms with Crippen molar-refractivity contribution in [2.45, 2.75) is 263 Å². The van der Waals surface area contributed by atoms with Crippen molar-refractivity contribution in [1.29, 1.82) is 0 Å². The van der Waals surface area contributed by atoms with Crippen molar-refractivity contribution >= 4 is 23.9 Å². The highest BCUT2D eigenvalue weighted by atomic mass is 16.7. The monoisotopic (exact) mass is 1100 g/mol. The van der Waals surface area contributed by atoms with E-state index in [1.165, 1.54) is 0 Å². The summed E-state index contributed by atoms with van der Waals surface area (Å²) in [5.74, 6) is -3.20. The third kappa shape index (κ3) is 43.6. The van der Waals surface area contributed by atoms with Crippen LogP contribution in [-0.2, 0) is 42.9 Å². The number of carboxylic acid groups (broad SMARTS) is 1. The van der Waals surface area contributed by atoms with Crippen molar-refractivity contribution < 1.29 is 58.2 Å². The second-order valence-electron chi connectivity index (χ2n) is 20.2. The molecule has 1 rings (SSSR count). The molecular weight excluding hydrogens is 997 g/mol. The van der Waals surface area contributed by atoms with Crippen LogP contribution in [0.5, 0.6) is 0 Å². The molecule has 1 heterocycles. The lowest BCUT2D eigenvalue weighted by Crippen LogP contribution is -2.61. The van der Waals surface area contributed by atoms with Crippen LogP contribution >= 0.6 is 0 Å². The zero-order valence-corrected chi connectivity index (χ0v) is 49.1. The van der Waals surface area contributed by atoms with Crippen molar-refractivity contribution in [3.63, 3.8) is 0 Å². The van der Waals surface area contributed by atoms with E-state index in [4.69, 9.17) is 23.7 Å². The first kappa shape index (κ1) is 72.1. The summed E-state index contributed by atoms with van der Waals surface area (Å²) in [5, 5.41) is 31.5. The lowest BCUT2D eigenvalue weighted by atomic mass is 9.98. The molecule has 0 aromatic rings. The van der Waals surface area contributed by atoms with Gasteiger partial charge in [-0.2, -0.15) is 0 Å². The van der Waals surface area contributed by atoms with Crippen molar-refractivity contribution in [3.05, 3.63) is 122 Å². The molecule has 0 aromatic heterocycles. The Labute approximate surface area is 478 Å². The second kappa shape index (κ2) is 53.7. The van der Waals surface area contributed by atoms with Gasteiger partial charge in [-0.25, -0.2) is 4.79 Å². The average molecular weight is 1100 g/mol. The van der Waals surface area contributed by atoms with Gasteiger partial charge in [-0.1, -0.05) is 206 Å². The maximum absolute atomic E-state index is 13.2. The van der Waals surface area contributed by atoms with Crippen LogP contribution in [0.2, 0.25) is 0 Å². The number of aliphatic hydroxyl groups excluding tert-OH is 2. The van der Waals surface area contributed by atoms with Crippen LogP contribution in [0.15, 0.2) is 122 Å². The predicted molar refractivity (Wildman–Crippen MR) is 321 cm³/mol. The summed E-state index contributed by atoms with van der Waals surface area (Å²) in [5.41, 5.74) is 0. The van der Waals surface area contributed by atoms with E-state index < -0.39 is 67.3 Å². The summed E-state index contributed by atoms with van der Waals surface area (Å²) in [6, 6.07) is 0. The van der Waals surface area contributed by atoms with Crippen molar-refractivity contribution in [2.24, 2.45) is 0 Å². The van der Waals surface area contributed by atoms with E-state index in [1.54, 1.807) is 0 Å². The maximum atomic E-state index is 13.2. The molecule has 1 saturated heterocycles. The number of ether oxygens (including phenoxy) is 5. The quantitative estimate of drug-likeness (QED) is 0.0228. The molecule has 0 spiro atoms. The molecule has 79 heavy (non-hydrogen) atoms. The van der Waals surface area contributed by atoms with E-state index in [0.29, 0.717) is 19.3 Å². The molecule has 6 unspecified atom stereocenters. The summed E-state index contributed by atoms with van der Waals surface area (Å²) in [6.07, 6.45) is 61.6. The van der Waals surface area contributed by atoms with Crippen molar-refractivity contribution in [2.75, 3.05) is 13.2 Å². The zero-order chi connectivity index (χ0) is 57.5. The molecule has 0 amide bonds. The predicted octanol–water partition coefficient (Wildman–Crippen LogP) is 16.0. The summed E-state index contributed by atoms with van der Waals surface area (Å²) in [4.78, 5) is 51.2. The van der Waals surface area contributed by atoms with E-state index in [2.05, 4.69) is 142 Å². The van der Waals surface area contributed by atoms with E-state index in [-0.39, 0.29) is 25.9 Å². The summed E-state index contributed by atoms with van der Waals surface area (Å²) in [7, 11) is 0. The Morgan fingerprint density at radius 3 is 1.15 bits per heavy atom. The van der Waals surface area contributed by atoms with Crippen LogP contribution in [0.25, 0.3) is 0 Å². The fraction of sp³-hybridized carbons (Fsp3) is 0.642. The third-order valence-electron chi connectivity index (χ3n) is 13.0. The number of carbonyl (C=O) groups is 4.